The Bertz CT molecular complexity index is 753. The number of nitrogens with one attached hydrogen (secondary N) is 1. The number of amides is 1. The van der Waals surface area contributed by atoms with Gasteiger partial charge in [0.1, 0.15) is 5.60 Å². The number of furan rings is 1. The smallest absolute Gasteiger partial charge is 0.253 e. The zero-order valence-electron chi connectivity index (χ0n) is 11.9. The molecule has 0 radical (unpaired) electrons. The van der Waals surface area contributed by atoms with Crippen LogP contribution in [-0.2, 0) is 5.60 Å². The number of thiophene rings is 1. The second kappa shape index (κ2) is 6.66. The van der Waals surface area contributed by atoms with Crippen LogP contribution in [-0.4, -0.2) is 22.5 Å². The largest absolute Gasteiger partial charge is 0.472 e. The van der Waals surface area contributed by atoms with E-state index in [1.54, 1.807) is 18.3 Å². The SMILES string of the molecule is O=C(NCC(O)(c1ccoc1)c1cccs1)c1cncc(Br)c1. The molecule has 2 N–H and O–H groups in total. The van der Waals surface area contributed by atoms with Crippen molar-refractivity contribution >= 4 is 33.2 Å². The lowest BCUT2D eigenvalue weighted by Crippen LogP contribution is -2.41. The molecule has 3 rings (SSSR count). The first-order valence-corrected chi connectivity index (χ1v) is 8.44. The first kappa shape index (κ1) is 15.9. The Morgan fingerprint density at radius 1 is 1.43 bits per heavy atom. The summed E-state index contributed by atoms with van der Waals surface area (Å²) in [5, 5.41) is 15.7. The van der Waals surface area contributed by atoms with Crippen LogP contribution in [0.3, 0.4) is 0 Å². The maximum Gasteiger partial charge on any atom is 0.253 e. The molecule has 0 saturated heterocycles. The van der Waals surface area contributed by atoms with E-state index in [-0.39, 0.29) is 12.5 Å². The van der Waals surface area contributed by atoms with Gasteiger partial charge >= 0.3 is 0 Å². The molecule has 0 spiro atoms. The first-order chi connectivity index (χ1) is 11.1. The molecule has 0 aliphatic rings. The number of rotatable bonds is 5. The maximum absolute atomic E-state index is 12.3. The molecule has 0 fully saturated rings. The fraction of sp³-hybridized carbons (Fsp3) is 0.125. The summed E-state index contributed by atoms with van der Waals surface area (Å²) in [6.07, 6.45) is 6.05. The summed E-state index contributed by atoms with van der Waals surface area (Å²) in [5.41, 5.74) is -0.330. The lowest BCUT2D eigenvalue weighted by Gasteiger charge is -2.26. The van der Waals surface area contributed by atoms with Gasteiger partial charge < -0.3 is 14.8 Å². The predicted molar refractivity (Wildman–Crippen MR) is 90.3 cm³/mol. The minimum atomic E-state index is -1.34. The third-order valence-electron chi connectivity index (χ3n) is 3.40. The number of aliphatic hydroxyl groups is 1. The summed E-state index contributed by atoms with van der Waals surface area (Å²) >= 11 is 4.70. The number of carbonyl (C=O) groups is 1. The van der Waals surface area contributed by atoms with Crippen LogP contribution in [0.4, 0.5) is 0 Å². The van der Waals surface area contributed by atoms with Gasteiger partial charge in [-0.15, -0.1) is 11.3 Å². The molecule has 1 atom stereocenters. The van der Waals surface area contributed by atoms with Crippen molar-refractivity contribution in [2.45, 2.75) is 5.60 Å². The number of aromatic nitrogens is 1. The highest BCUT2D eigenvalue weighted by Crippen LogP contribution is 2.32. The summed E-state index contributed by atoms with van der Waals surface area (Å²) in [4.78, 5) is 17.0. The van der Waals surface area contributed by atoms with Crippen LogP contribution in [0.25, 0.3) is 0 Å². The molecule has 1 amide bonds. The molecule has 0 bridgehead atoms. The van der Waals surface area contributed by atoms with Gasteiger partial charge in [0.15, 0.2) is 0 Å². The van der Waals surface area contributed by atoms with Gasteiger partial charge in [-0.3, -0.25) is 9.78 Å². The Balaban J connectivity index is 1.82. The molecule has 0 saturated carbocycles. The van der Waals surface area contributed by atoms with E-state index in [0.717, 1.165) is 4.88 Å². The van der Waals surface area contributed by atoms with Gasteiger partial charge in [-0.25, -0.2) is 0 Å². The summed E-state index contributed by atoms with van der Waals surface area (Å²) < 4.78 is 5.80. The Kier molecular flexibility index (Phi) is 4.61. The van der Waals surface area contributed by atoms with E-state index in [9.17, 15) is 9.90 Å². The van der Waals surface area contributed by atoms with Gasteiger partial charge in [0.2, 0.25) is 0 Å². The van der Waals surface area contributed by atoms with Gasteiger partial charge in [0.25, 0.3) is 5.91 Å². The van der Waals surface area contributed by atoms with E-state index < -0.39 is 5.60 Å². The second-order valence-electron chi connectivity index (χ2n) is 4.92. The first-order valence-electron chi connectivity index (χ1n) is 6.77. The number of carbonyl (C=O) groups excluding carboxylic acids is 1. The van der Waals surface area contributed by atoms with E-state index in [1.807, 2.05) is 17.5 Å². The van der Waals surface area contributed by atoms with Crippen LogP contribution in [0.5, 0.6) is 0 Å². The highest BCUT2D eigenvalue weighted by atomic mass is 79.9. The van der Waals surface area contributed by atoms with E-state index >= 15 is 0 Å². The number of pyridine rings is 1. The number of nitrogens with zero attached hydrogens (tertiary/aromatic N) is 1. The second-order valence-corrected chi connectivity index (χ2v) is 6.79. The Labute approximate surface area is 145 Å². The number of hydrogen-bond acceptors (Lipinski definition) is 5. The van der Waals surface area contributed by atoms with Crippen molar-refractivity contribution in [3.63, 3.8) is 0 Å². The third kappa shape index (κ3) is 3.36. The topological polar surface area (TPSA) is 75.4 Å². The predicted octanol–water partition coefficient (Wildman–Crippen LogP) is 3.16. The molecule has 0 aromatic carbocycles. The van der Waals surface area contributed by atoms with Crippen molar-refractivity contribution in [1.82, 2.24) is 10.3 Å². The van der Waals surface area contributed by atoms with Gasteiger partial charge in [-0.1, -0.05) is 6.07 Å². The number of hydrogen-bond donors (Lipinski definition) is 2. The van der Waals surface area contributed by atoms with E-state index in [4.69, 9.17) is 4.42 Å². The molecule has 3 heterocycles. The van der Waals surface area contributed by atoms with Crippen molar-refractivity contribution in [3.05, 3.63) is 75.0 Å². The highest BCUT2D eigenvalue weighted by molar-refractivity contribution is 9.10. The fourth-order valence-corrected chi connectivity index (χ4v) is 3.40. The van der Waals surface area contributed by atoms with Gasteiger partial charge in [-0.2, -0.15) is 0 Å². The van der Waals surface area contributed by atoms with Crippen molar-refractivity contribution in [3.8, 4) is 0 Å². The average Bonchev–Trinajstić information content (AvgIpc) is 3.25. The summed E-state index contributed by atoms with van der Waals surface area (Å²) in [5.74, 6) is -0.308. The Morgan fingerprint density at radius 2 is 2.30 bits per heavy atom. The van der Waals surface area contributed by atoms with Crippen LogP contribution in [0, 0.1) is 0 Å². The number of halogens is 1. The Hall–Kier alpha value is -1.96. The molecule has 5 nitrogen and oxygen atoms in total. The molecule has 3 aromatic rings. The minimum Gasteiger partial charge on any atom is -0.472 e. The monoisotopic (exact) mass is 392 g/mol. The standard InChI is InChI=1S/C16H13BrN2O3S/c17-13-6-11(7-18-8-13)15(20)19-10-16(21,12-3-4-22-9-12)14-2-1-5-23-14/h1-9,21H,10H2,(H,19,20). The third-order valence-corrected chi connectivity index (χ3v) is 4.85. The lowest BCUT2D eigenvalue weighted by molar-refractivity contribution is 0.0714. The minimum absolute atomic E-state index is 0.0262. The van der Waals surface area contributed by atoms with Gasteiger partial charge in [0.05, 0.1) is 24.6 Å². The molecule has 3 aromatic heterocycles. The highest BCUT2D eigenvalue weighted by Gasteiger charge is 2.34. The zero-order chi connectivity index (χ0) is 16.3. The van der Waals surface area contributed by atoms with E-state index in [1.165, 1.54) is 30.1 Å². The van der Waals surface area contributed by atoms with Gasteiger partial charge in [-0.05, 0) is 39.5 Å². The van der Waals surface area contributed by atoms with Crippen LogP contribution in [0.2, 0.25) is 0 Å². The molecule has 0 aliphatic heterocycles. The summed E-state index contributed by atoms with van der Waals surface area (Å²) in [6.45, 7) is 0.0262. The van der Waals surface area contributed by atoms with Gasteiger partial charge in [0, 0.05) is 27.3 Å². The molecule has 118 valence electrons. The molecule has 7 heteroatoms. The fourth-order valence-electron chi connectivity index (χ4n) is 2.19. The normalized spacial score (nSPS) is 13.5. The van der Waals surface area contributed by atoms with Crippen LogP contribution < -0.4 is 5.32 Å². The maximum atomic E-state index is 12.3. The molecule has 1 unspecified atom stereocenters. The molecular weight excluding hydrogens is 380 g/mol. The Morgan fingerprint density at radius 3 is 2.96 bits per heavy atom. The quantitative estimate of drug-likeness (QED) is 0.698. The zero-order valence-corrected chi connectivity index (χ0v) is 14.3. The molecule has 23 heavy (non-hydrogen) atoms. The van der Waals surface area contributed by atoms with Crippen LogP contribution >= 0.6 is 27.3 Å². The molecule has 0 aliphatic carbocycles. The van der Waals surface area contributed by atoms with Crippen LogP contribution in [0.1, 0.15) is 20.8 Å². The van der Waals surface area contributed by atoms with Crippen molar-refractivity contribution in [2.24, 2.45) is 0 Å². The molecular formula is C16H13BrN2O3S. The van der Waals surface area contributed by atoms with Crippen molar-refractivity contribution in [2.75, 3.05) is 6.54 Å². The van der Waals surface area contributed by atoms with Crippen molar-refractivity contribution in [1.29, 1.82) is 0 Å². The van der Waals surface area contributed by atoms with Crippen LogP contribution in [0.15, 0.2) is 63.5 Å². The van der Waals surface area contributed by atoms with Crippen molar-refractivity contribution < 1.29 is 14.3 Å². The summed E-state index contributed by atoms with van der Waals surface area (Å²) in [6, 6.07) is 7.03. The summed E-state index contributed by atoms with van der Waals surface area (Å²) in [7, 11) is 0. The average molecular weight is 393 g/mol. The lowest BCUT2D eigenvalue weighted by atomic mass is 9.94. The van der Waals surface area contributed by atoms with E-state index in [2.05, 4.69) is 26.2 Å². The van der Waals surface area contributed by atoms with E-state index in [0.29, 0.717) is 15.6 Å².